The molecule has 1 aromatic rings. The number of benzene rings is 1. The quantitative estimate of drug-likeness (QED) is 0.923. The summed E-state index contributed by atoms with van der Waals surface area (Å²) < 4.78 is 5.29. The Morgan fingerprint density at radius 3 is 2.79 bits per heavy atom. The van der Waals surface area contributed by atoms with Crippen molar-refractivity contribution in [3.05, 3.63) is 29.3 Å². The summed E-state index contributed by atoms with van der Waals surface area (Å²) >= 11 is 0. The van der Waals surface area contributed by atoms with Crippen LogP contribution in [0.15, 0.2) is 18.2 Å². The molecule has 0 fully saturated rings. The van der Waals surface area contributed by atoms with Crippen LogP contribution < -0.4 is 10.1 Å². The van der Waals surface area contributed by atoms with Crippen LogP contribution in [0.4, 0.5) is 0 Å². The van der Waals surface area contributed by atoms with E-state index in [0.29, 0.717) is 6.42 Å². The number of carbonyl (C=O) groups excluding carboxylic acids is 1. The number of carbonyl (C=O) groups is 1. The predicted molar refractivity (Wildman–Crippen MR) is 79.7 cm³/mol. The Labute approximate surface area is 121 Å². The first-order valence-corrected chi connectivity index (χ1v) is 6.47. The molecule has 1 aliphatic carbocycles. The van der Waals surface area contributed by atoms with Gasteiger partial charge in [0.25, 0.3) is 0 Å². The van der Waals surface area contributed by atoms with Crippen molar-refractivity contribution in [3.63, 3.8) is 0 Å². The molecule has 1 atom stereocenters. The zero-order chi connectivity index (χ0) is 13.2. The Hall–Kier alpha value is -1.06. The van der Waals surface area contributed by atoms with E-state index < -0.39 is 0 Å². The highest BCUT2D eigenvalue weighted by molar-refractivity contribution is 5.99. The van der Waals surface area contributed by atoms with Crippen LogP contribution in [-0.4, -0.2) is 26.5 Å². The molecule has 0 amide bonds. The standard InChI is InChI=1S/C15H21NO2.ClH/c1-15(8-9-16-2)7-6-14(17)12-5-4-11(18-3)10-13(12)15;/h4-5,10,16H,6-9H2,1-3H3;1H. The largest absolute Gasteiger partial charge is 0.497 e. The van der Waals surface area contributed by atoms with E-state index in [-0.39, 0.29) is 23.6 Å². The monoisotopic (exact) mass is 283 g/mol. The van der Waals surface area contributed by atoms with E-state index in [1.807, 2.05) is 25.2 Å². The van der Waals surface area contributed by atoms with Crippen molar-refractivity contribution in [2.75, 3.05) is 20.7 Å². The van der Waals surface area contributed by atoms with Crippen LogP contribution in [0.2, 0.25) is 0 Å². The zero-order valence-corrected chi connectivity index (χ0v) is 12.6. The minimum Gasteiger partial charge on any atom is -0.497 e. The van der Waals surface area contributed by atoms with E-state index in [4.69, 9.17) is 4.74 Å². The summed E-state index contributed by atoms with van der Waals surface area (Å²) in [5.74, 6) is 1.09. The van der Waals surface area contributed by atoms with Crippen molar-refractivity contribution in [3.8, 4) is 5.75 Å². The Morgan fingerprint density at radius 1 is 1.42 bits per heavy atom. The third-order valence-corrected chi connectivity index (χ3v) is 4.01. The maximum atomic E-state index is 12.0. The summed E-state index contributed by atoms with van der Waals surface area (Å²) in [4.78, 5) is 12.0. The minimum atomic E-state index is 0. The maximum Gasteiger partial charge on any atom is 0.163 e. The lowest BCUT2D eigenvalue weighted by molar-refractivity contribution is 0.0952. The molecule has 1 N–H and O–H groups in total. The molecule has 0 aliphatic heterocycles. The topological polar surface area (TPSA) is 38.3 Å². The van der Waals surface area contributed by atoms with Crippen molar-refractivity contribution >= 4 is 18.2 Å². The molecule has 106 valence electrons. The first-order valence-electron chi connectivity index (χ1n) is 6.47. The molecule has 1 aliphatic rings. The number of nitrogens with one attached hydrogen (secondary N) is 1. The lowest BCUT2D eigenvalue weighted by Crippen LogP contribution is -2.33. The van der Waals surface area contributed by atoms with Gasteiger partial charge in [-0.1, -0.05) is 6.92 Å². The molecule has 4 heteroatoms. The lowest BCUT2D eigenvalue weighted by atomic mass is 9.69. The third-order valence-electron chi connectivity index (χ3n) is 4.01. The Morgan fingerprint density at radius 2 is 2.16 bits per heavy atom. The van der Waals surface area contributed by atoms with Gasteiger partial charge in [-0.25, -0.2) is 0 Å². The van der Waals surface area contributed by atoms with Gasteiger partial charge < -0.3 is 10.1 Å². The van der Waals surface area contributed by atoms with Gasteiger partial charge in [-0.2, -0.15) is 0 Å². The molecular weight excluding hydrogens is 262 g/mol. The third kappa shape index (κ3) is 3.10. The second-order valence-corrected chi connectivity index (χ2v) is 5.25. The highest BCUT2D eigenvalue weighted by Crippen LogP contribution is 2.40. The van der Waals surface area contributed by atoms with E-state index in [2.05, 4.69) is 12.2 Å². The number of hydrogen-bond acceptors (Lipinski definition) is 3. The molecule has 0 radical (unpaired) electrons. The second-order valence-electron chi connectivity index (χ2n) is 5.25. The van der Waals surface area contributed by atoms with E-state index in [9.17, 15) is 4.79 Å². The summed E-state index contributed by atoms with van der Waals surface area (Å²) in [6.07, 6.45) is 2.62. The van der Waals surface area contributed by atoms with Crippen LogP contribution in [0.25, 0.3) is 0 Å². The molecule has 3 nitrogen and oxygen atoms in total. The summed E-state index contributed by atoms with van der Waals surface area (Å²) in [5.41, 5.74) is 2.09. The highest BCUT2D eigenvalue weighted by Gasteiger charge is 2.35. The normalized spacial score (nSPS) is 21.5. The van der Waals surface area contributed by atoms with Crippen molar-refractivity contribution < 1.29 is 9.53 Å². The number of ketones is 1. The number of rotatable bonds is 4. The Balaban J connectivity index is 0.00000180. The van der Waals surface area contributed by atoms with Crippen LogP contribution in [0.1, 0.15) is 42.1 Å². The molecule has 19 heavy (non-hydrogen) atoms. The molecule has 1 unspecified atom stereocenters. The van der Waals surface area contributed by atoms with Crippen molar-refractivity contribution in [1.82, 2.24) is 5.32 Å². The van der Waals surface area contributed by atoms with Crippen LogP contribution in [-0.2, 0) is 5.41 Å². The molecule has 0 aromatic heterocycles. The summed E-state index contributed by atoms with van der Waals surface area (Å²) in [5, 5.41) is 3.19. The molecule has 0 saturated heterocycles. The number of Topliss-reactive ketones (excluding diaryl/α,β-unsaturated/α-hetero) is 1. The second kappa shape index (κ2) is 6.40. The zero-order valence-electron chi connectivity index (χ0n) is 11.8. The van der Waals surface area contributed by atoms with Gasteiger partial charge >= 0.3 is 0 Å². The fourth-order valence-corrected chi connectivity index (χ4v) is 2.71. The number of methoxy groups -OCH3 is 1. The van der Waals surface area contributed by atoms with Crippen LogP contribution in [0.5, 0.6) is 5.75 Å². The van der Waals surface area contributed by atoms with E-state index in [0.717, 1.165) is 36.3 Å². The summed E-state index contributed by atoms with van der Waals surface area (Å²) in [6, 6.07) is 5.82. The van der Waals surface area contributed by atoms with Gasteiger partial charge in [0.1, 0.15) is 5.75 Å². The van der Waals surface area contributed by atoms with Gasteiger partial charge in [0.15, 0.2) is 5.78 Å². The van der Waals surface area contributed by atoms with Gasteiger partial charge in [0.2, 0.25) is 0 Å². The van der Waals surface area contributed by atoms with E-state index in [1.54, 1.807) is 7.11 Å². The van der Waals surface area contributed by atoms with Gasteiger partial charge in [0.05, 0.1) is 7.11 Å². The highest BCUT2D eigenvalue weighted by atomic mass is 35.5. The number of halogens is 1. The van der Waals surface area contributed by atoms with E-state index in [1.165, 1.54) is 0 Å². The lowest BCUT2D eigenvalue weighted by Gasteiger charge is -2.35. The summed E-state index contributed by atoms with van der Waals surface area (Å²) in [6.45, 7) is 3.20. The van der Waals surface area contributed by atoms with Crippen molar-refractivity contribution in [2.24, 2.45) is 0 Å². The Bertz CT molecular complexity index is 461. The average molecular weight is 284 g/mol. The smallest absolute Gasteiger partial charge is 0.163 e. The van der Waals surface area contributed by atoms with Crippen molar-refractivity contribution in [2.45, 2.75) is 31.6 Å². The van der Waals surface area contributed by atoms with Gasteiger partial charge in [0, 0.05) is 12.0 Å². The van der Waals surface area contributed by atoms with Gasteiger partial charge in [-0.15, -0.1) is 12.4 Å². The maximum absolute atomic E-state index is 12.0. The average Bonchev–Trinajstić information content (AvgIpc) is 2.41. The Kier molecular flexibility index (Phi) is 5.39. The number of hydrogen-bond donors (Lipinski definition) is 1. The first kappa shape index (κ1) is 16.0. The predicted octanol–water partition coefficient (Wildman–Crippen LogP) is 2.96. The number of fused-ring (bicyclic) bond motifs is 1. The summed E-state index contributed by atoms with van der Waals surface area (Å²) in [7, 11) is 3.63. The fourth-order valence-electron chi connectivity index (χ4n) is 2.71. The minimum absolute atomic E-state index is 0. The van der Waals surface area contributed by atoms with Crippen molar-refractivity contribution in [1.29, 1.82) is 0 Å². The molecule has 0 bridgehead atoms. The van der Waals surface area contributed by atoms with Gasteiger partial charge in [-0.3, -0.25) is 4.79 Å². The van der Waals surface area contributed by atoms with Crippen LogP contribution >= 0.6 is 12.4 Å². The SMILES string of the molecule is CNCCC1(C)CCC(=O)c2ccc(OC)cc21.Cl. The number of ether oxygens (including phenoxy) is 1. The van der Waals surface area contributed by atoms with Gasteiger partial charge in [-0.05, 0) is 55.6 Å². The first-order chi connectivity index (χ1) is 8.60. The van der Waals surface area contributed by atoms with E-state index >= 15 is 0 Å². The molecule has 0 saturated carbocycles. The molecule has 0 heterocycles. The van der Waals surface area contributed by atoms with Crippen LogP contribution in [0.3, 0.4) is 0 Å². The fraction of sp³-hybridized carbons (Fsp3) is 0.533. The molecule has 2 rings (SSSR count). The molecule has 0 spiro atoms. The molecular formula is C15H22ClNO2. The molecule has 1 aromatic carbocycles. The van der Waals surface area contributed by atoms with Crippen LogP contribution in [0, 0.1) is 0 Å².